The summed E-state index contributed by atoms with van der Waals surface area (Å²) in [4.78, 5) is 42.0. The van der Waals surface area contributed by atoms with Gasteiger partial charge in [0.25, 0.3) is 5.91 Å². The SMILES string of the molecule is C[C@@H]1CN([C@H](C)CO)C(=O)c2cc(NC(=O)Nc3ccc(C(F)(F)F)cc3)ccc2O[C@@H]1CN(C)C(=O)Nc1ccc(F)cc1. The van der Waals surface area contributed by atoms with Gasteiger partial charge in [0.15, 0.2) is 0 Å². The quantitative estimate of drug-likeness (QED) is 0.243. The van der Waals surface area contributed by atoms with Crippen LogP contribution in [0.3, 0.4) is 0 Å². The molecule has 3 aromatic carbocycles. The summed E-state index contributed by atoms with van der Waals surface area (Å²) in [6.45, 7) is 3.52. The van der Waals surface area contributed by atoms with Crippen LogP contribution >= 0.6 is 0 Å². The van der Waals surface area contributed by atoms with E-state index in [4.69, 9.17) is 4.74 Å². The van der Waals surface area contributed by atoms with Crippen molar-refractivity contribution in [2.75, 3.05) is 42.7 Å². The van der Waals surface area contributed by atoms with E-state index in [1.165, 1.54) is 52.3 Å². The van der Waals surface area contributed by atoms with Gasteiger partial charge in [0.05, 0.1) is 30.3 Å². The number of ether oxygens (including phenoxy) is 1. The fraction of sp³-hybridized carbons (Fsp3) is 0.323. The molecular weight excluding hydrogens is 598 g/mol. The van der Waals surface area contributed by atoms with E-state index < -0.39 is 47.7 Å². The molecule has 0 spiro atoms. The fourth-order valence-corrected chi connectivity index (χ4v) is 4.66. The molecule has 1 aliphatic heterocycles. The molecule has 3 aromatic rings. The predicted octanol–water partition coefficient (Wildman–Crippen LogP) is 5.87. The molecule has 0 aliphatic carbocycles. The average Bonchev–Trinajstić information content (AvgIpc) is 2.99. The number of nitrogens with one attached hydrogen (secondary N) is 3. The number of rotatable bonds is 7. The van der Waals surface area contributed by atoms with Crippen LogP contribution in [0.2, 0.25) is 0 Å². The lowest BCUT2D eigenvalue weighted by atomic mass is 9.99. The molecule has 1 aliphatic rings. The van der Waals surface area contributed by atoms with Crippen molar-refractivity contribution in [3.8, 4) is 5.75 Å². The van der Waals surface area contributed by atoms with Crippen LogP contribution in [0.1, 0.15) is 29.8 Å². The molecule has 0 saturated carbocycles. The second-order valence-electron chi connectivity index (χ2n) is 10.8. The topological polar surface area (TPSA) is 123 Å². The van der Waals surface area contributed by atoms with Gasteiger partial charge in [-0.3, -0.25) is 4.79 Å². The van der Waals surface area contributed by atoms with Gasteiger partial charge in [-0.1, -0.05) is 6.92 Å². The molecule has 5 amide bonds. The molecule has 10 nitrogen and oxygen atoms in total. The minimum absolute atomic E-state index is 0.0953. The van der Waals surface area contributed by atoms with Gasteiger partial charge >= 0.3 is 18.2 Å². The van der Waals surface area contributed by atoms with E-state index in [1.54, 1.807) is 14.0 Å². The summed E-state index contributed by atoms with van der Waals surface area (Å²) < 4.78 is 58.0. The van der Waals surface area contributed by atoms with Gasteiger partial charge in [0, 0.05) is 36.6 Å². The molecule has 3 atom stereocenters. The summed E-state index contributed by atoms with van der Waals surface area (Å²) in [6, 6.07) is 11.8. The monoisotopic (exact) mass is 631 g/mol. The first-order valence-corrected chi connectivity index (χ1v) is 14.0. The third-order valence-corrected chi connectivity index (χ3v) is 7.29. The third kappa shape index (κ3) is 8.41. The lowest BCUT2D eigenvalue weighted by Crippen LogP contribution is -2.50. The zero-order valence-corrected chi connectivity index (χ0v) is 24.7. The Morgan fingerprint density at radius 3 is 2.20 bits per heavy atom. The normalized spacial score (nSPS) is 17.2. The summed E-state index contributed by atoms with van der Waals surface area (Å²) in [7, 11) is 1.57. The molecule has 4 rings (SSSR count). The van der Waals surface area contributed by atoms with Crippen molar-refractivity contribution in [1.82, 2.24) is 9.80 Å². The van der Waals surface area contributed by atoms with Crippen LogP contribution in [0, 0.1) is 11.7 Å². The Kier molecular flexibility index (Phi) is 10.2. The van der Waals surface area contributed by atoms with Crippen molar-refractivity contribution in [2.45, 2.75) is 32.2 Å². The highest BCUT2D eigenvalue weighted by molar-refractivity contribution is 6.02. The number of carbonyl (C=O) groups excluding carboxylic acids is 3. The van der Waals surface area contributed by atoms with Gasteiger partial charge in [0.1, 0.15) is 17.7 Å². The van der Waals surface area contributed by atoms with E-state index in [0.717, 1.165) is 24.3 Å². The maximum atomic E-state index is 13.7. The fourth-order valence-electron chi connectivity index (χ4n) is 4.66. The highest BCUT2D eigenvalue weighted by Gasteiger charge is 2.34. The van der Waals surface area contributed by atoms with Crippen molar-refractivity contribution in [1.29, 1.82) is 0 Å². The third-order valence-electron chi connectivity index (χ3n) is 7.29. The first-order chi connectivity index (χ1) is 21.2. The van der Waals surface area contributed by atoms with E-state index >= 15 is 0 Å². The molecule has 0 aromatic heterocycles. The van der Waals surface area contributed by atoms with Crippen molar-refractivity contribution < 1.29 is 41.8 Å². The molecule has 1 heterocycles. The lowest BCUT2D eigenvalue weighted by Gasteiger charge is -2.38. The summed E-state index contributed by atoms with van der Waals surface area (Å²) in [6.07, 6.45) is -5.11. The highest BCUT2D eigenvalue weighted by atomic mass is 19.4. The molecule has 240 valence electrons. The number of alkyl halides is 3. The van der Waals surface area contributed by atoms with Crippen LogP contribution in [-0.4, -0.2) is 71.8 Å². The zero-order valence-electron chi connectivity index (χ0n) is 24.7. The number of likely N-dealkylation sites (N-methyl/N-ethyl adjacent to an activating group) is 1. The Hall–Kier alpha value is -4.85. The maximum absolute atomic E-state index is 13.7. The average molecular weight is 632 g/mol. The van der Waals surface area contributed by atoms with E-state index in [-0.39, 0.29) is 48.3 Å². The summed E-state index contributed by atoms with van der Waals surface area (Å²) in [5.41, 5.74) is -0.0343. The van der Waals surface area contributed by atoms with Crippen LogP contribution in [-0.2, 0) is 6.18 Å². The van der Waals surface area contributed by atoms with Crippen molar-refractivity contribution in [3.05, 3.63) is 83.7 Å². The Bertz CT molecular complexity index is 1520. The number of fused-ring (bicyclic) bond motifs is 1. The summed E-state index contributed by atoms with van der Waals surface area (Å²) >= 11 is 0. The smallest absolute Gasteiger partial charge is 0.416 e. The molecule has 0 fully saturated rings. The largest absolute Gasteiger partial charge is 0.487 e. The van der Waals surface area contributed by atoms with Gasteiger partial charge < -0.3 is 35.6 Å². The number of hydrogen-bond donors (Lipinski definition) is 4. The van der Waals surface area contributed by atoms with E-state index in [0.29, 0.717) is 5.69 Å². The van der Waals surface area contributed by atoms with Gasteiger partial charge in [-0.25, -0.2) is 14.0 Å². The number of benzene rings is 3. The number of urea groups is 2. The van der Waals surface area contributed by atoms with Crippen molar-refractivity contribution in [2.24, 2.45) is 5.92 Å². The maximum Gasteiger partial charge on any atom is 0.416 e. The highest BCUT2D eigenvalue weighted by Crippen LogP contribution is 2.32. The van der Waals surface area contributed by atoms with E-state index in [1.807, 2.05) is 6.92 Å². The molecular formula is C31H33F4N5O5. The van der Waals surface area contributed by atoms with Gasteiger partial charge in [0.2, 0.25) is 0 Å². The molecule has 0 unspecified atom stereocenters. The minimum atomic E-state index is -4.51. The Labute approximate surface area is 257 Å². The molecule has 0 bridgehead atoms. The molecule has 14 heteroatoms. The first-order valence-electron chi connectivity index (χ1n) is 14.0. The van der Waals surface area contributed by atoms with E-state index in [2.05, 4.69) is 16.0 Å². The van der Waals surface area contributed by atoms with Crippen LogP contribution < -0.4 is 20.7 Å². The number of aliphatic hydroxyl groups is 1. The molecule has 0 radical (unpaired) electrons. The van der Waals surface area contributed by atoms with Crippen LogP contribution in [0.25, 0.3) is 0 Å². The lowest BCUT2D eigenvalue weighted by molar-refractivity contribution is -0.137. The minimum Gasteiger partial charge on any atom is -0.487 e. The van der Waals surface area contributed by atoms with Crippen LogP contribution in [0.15, 0.2) is 66.7 Å². The number of halogens is 4. The second-order valence-corrected chi connectivity index (χ2v) is 10.8. The number of amides is 5. The summed E-state index contributed by atoms with van der Waals surface area (Å²) in [5.74, 6) is -0.991. The standard InChI is InChI=1S/C31H33F4N5O5/c1-18-15-40(19(2)17-41)28(42)25-14-24(37-29(43)36-22-8-4-20(5-9-22)31(33,34)35)12-13-26(25)45-27(18)16-39(3)30(44)38-23-10-6-21(32)7-11-23/h4-14,18-19,27,41H,15-17H2,1-3H3,(H,38,44)(H2,36,37,43)/t18-,19-,27-/m1/s1. The zero-order chi connectivity index (χ0) is 32.9. The number of aliphatic hydroxyl groups excluding tert-OH is 1. The summed E-state index contributed by atoms with van der Waals surface area (Å²) in [5, 5.41) is 17.6. The van der Waals surface area contributed by atoms with Crippen LogP contribution in [0.4, 0.5) is 44.2 Å². The first kappa shape index (κ1) is 33.1. The Morgan fingerprint density at radius 2 is 1.58 bits per heavy atom. The van der Waals surface area contributed by atoms with Gasteiger partial charge in [-0.15, -0.1) is 0 Å². The molecule has 0 saturated heterocycles. The van der Waals surface area contributed by atoms with Crippen molar-refractivity contribution >= 4 is 35.0 Å². The van der Waals surface area contributed by atoms with Crippen molar-refractivity contribution in [3.63, 3.8) is 0 Å². The predicted molar refractivity (Wildman–Crippen MR) is 160 cm³/mol. The number of anilines is 3. The van der Waals surface area contributed by atoms with Gasteiger partial charge in [-0.2, -0.15) is 13.2 Å². The number of nitrogens with zero attached hydrogens (tertiary/aromatic N) is 2. The molecule has 4 N–H and O–H groups in total. The Morgan fingerprint density at radius 1 is 1.00 bits per heavy atom. The number of carbonyl (C=O) groups is 3. The number of hydrogen-bond acceptors (Lipinski definition) is 5. The van der Waals surface area contributed by atoms with Crippen LogP contribution in [0.5, 0.6) is 5.75 Å². The second kappa shape index (κ2) is 13.8. The molecule has 45 heavy (non-hydrogen) atoms. The Balaban J connectivity index is 1.52. The van der Waals surface area contributed by atoms with E-state index in [9.17, 15) is 37.1 Å². The van der Waals surface area contributed by atoms with Gasteiger partial charge in [-0.05, 0) is 73.7 Å².